The molecule has 0 bridgehead atoms. The number of hydrogen-bond donors (Lipinski definition) is 3. The topological polar surface area (TPSA) is 115 Å². The van der Waals surface area contributed by atoms with Crippen LogP contribution in [0.25, 0.3) is 0 Å². The van der Waals surface area contributed by atoms with Gasteiger partial charge in [-0.25, -0.2) is 4.98 Å². The number of rotatable bonds is 10. The SMILES string of the molecule is CC(C)CCNC(=O)Cn1c(CO)cnc1SCC(=O)Nc1ccc2c(c1)OCO2. The number of amides is 2. The van der Waals surface area contributed by atoms with E-state index in [0.29, 0.717) is 40.5 Å². The van der Waals surface area contributed by atoms with Gasteiger partial charge in [-0.05, 0) is 24.5 Å². The lowest BCUT2D eigenvalue weighted by atomic mass is 10.1. The summed E-state index contributed by atoms with van der Waals surface area (Å²) >= 11 is 1.20. The van der Waals surface area contributed by atoms with Crippen molar-refractivity contribution < 1.29 is 24.2 Å². The molecule has 0 atom stereocenters. The zero-order valence-corrected chi connectivity index (χ0v) is 17.8. The van der Waals surface area contributed by atoms with Crippen molar-refractivity contribution in [1.29, 1.82) is 0 Å². The highest BCUT2D eigenvalue weighted by atomic mass is 32.2. The second-order valence-electron chi connectivity index (χ2n) is 7.21. The first-order valence-corrected chi connectivity index (χ1v) is 10.7. The molecule has 30 heavy (non-hydrogen) atoms. The van der Waals surface area contributed by atoms with Crippen molar-refractivity contribution in [2.45, 2.75) is 38.6 Å². The molecule has 9 nitrogen and oxygen atoms in total. The fourth-order valence-electron chi connectivity index (χ4n) is 2.80. The highest BCUT2D eigenvalue weighted by Gasteiger charge is 2.17. The maximum absolute atomic E-state index is 12.3. The van der Waals surface area contributed by atoms with Gasteiger partial charge in [0, 0.05) is 18.3 Å². The van der Waals surface area contributed by atoms with Crippen molar-refractivity contribution in [3.05, 3.63) is 30.1 Å². The quantitative estimate of drug-likeness (QED) is 0.490. The van der Waals surface area contributed by atoms with Gasteiger partial charge in [0.15, 0.2) is 16.7 Å². The van der Waals surface area contributed by atoms with E-state index in [1.165, 1.54) is 18.0 Å². The smallest absolute Gasteiger partial charge is 0.240 e. The van der Waals surface area contributed by atoms with E-state index in [1.54, 1.807) is 22.8 Å². The van der Waals surface area contributed by atoms with Gasteiger partial charge in [-0.1, -0.05) is 25.6 Å². The Morgan fingerprint density at radius 3 is 2.83 bits per heavy atom. The summed E-state index contributed by atoms with van der Waals surface area (Å²) < 4.78 is 12.2. The number of fused-ring (bicyclic) bond motifs is 1. The fraction of sp³-hybridized carbons (Fsp3) is 0.450. The van der Waals surface area contributed by atoms with Crippen molar-refractivity contribution in [1.82, 2.24) is 14.9 Å². The molecule has 0 spiro atoms. The first-order valence-electron chi connectivity index (χ1n) is 9.70. The Bertz CT molecular complexity index is 899. The Hall–Kier alpha value is -2.72. The summed E-state index contributed by atoms with van der Waals surface area (Å²) in [5, 5.41) is 15.7. The summed E-state index contributed by atoms with van der Waals surface area (Å²) in [4.78, 5) is 28.8. The predicted octanol–water partition coefficient (Wildman–Crippen LogP) is 2.00. The third-order valence-corrected chi connectivity index (χ3v) is 5.39. The van der Waals surface area contributed by atoms with Gasteiger partial charge in [-0.15, -0.1) is 0 Å². The molecule has 0 saturated carbocycles. The Labute approximate surface area is 179 Å². The summed E-state index contributed by atoms with van der Waals surface area (Å²) in [7, 11) is 0. The number of anilines is 1. The van der Waals surface area contributed by atoms with Gasteiger partial charge < -0.3 is 29.8 Å². The number of aliphatic hydroxyl groups is 1. The normalized spacial score (nSPS) is 12.3. The summed E-state index contributed by atoms with van der Waals surface area (Å²) in [6, 6.07) is 5.18. The second kappa shape index (κ2) is 10.4. The number of benzene rings is 1. The van der Waals surface area contributed by atoms with Crippen LogP contribution in [-0.4, -0.2) is 45.6 Å². The Morgan fingerprint density at radius 2 is 2.07 bits per heavy atom. The van der Waals surface area contributed by atoms with Crippen LogP contribution in [0.15, 0.2) is 29.6 Å². The highest BCUT2D eigenvalue weighted by molar-refractivity contribution is 7.99. The molecule has 0 unspecified atom stereocenters. The van der Waals surface area contributed by atoms with Crippen LogP contribution in [0.2, 0.25) is 0 Å². The largest absolute Gasteiger partial charge is 0.454 e. The molecule has 10 heteroatoms. The highest BCUT2D eigenvalue weighted by Crippen LogP contribution is 2.34. The summed E-state index contributed by atoms with van der Waals surface area (Å²) in [6.07, 6.45) is 2.41. The maximum atomic E-state index is 12.3. The van der Waals surface area contributed by atoms with Crippen LogP contribution in [0.4, 0.5) is 5.69 Å². The van der Waals surface area contributed by atoms with E-state index in [-0.39, 0.29) is 37.5 Å². The lowest BCUT2D eigenvalue weighted by Crippen LogP contribution is -2.30. The van der Waals surface area contributed by atoms with Gasteiger partial charge >= 0.3 is 0 Å². The molecule has 3 rings (SSSR count). The van der Waals surface area contributed by atoms with E-state index in [9.17, 15) is 14.7 Å². The average molecular weight is 435 g/mol. The van der Waals surface area contributed by atoms with E-state index in [2.05, 4.69) is 29.5 Å². The third-order valence-electron chi connectivity index (χ3n) is 4.40. The van der Waals surface area contributed by atoms with E-state index >= 15 is 0 Å². The first-order chi connectivity index (χ1) is 14.5. The fourth-order valence-corrected chi connectivity index (χ4v) is 3.60. The van der Waals surface area contributed by atoms with Crippen LogP contribution in [0.3, 0.4) is 0 Å². The molecule has 162 valence electrons. The van der Waals surface area contributed by atoms with E-state index < -0.39 is 0 Å². The number of ether oxygens (including phenoxy) is 2. The molecule has 1 aliphatic rings. The maximum Gasteiger partial charge on any atom is 0.240 e. The summed E-state index contributed by atoms with van der Waals surface area (Å²) in [5.74, 6) is 1.46. The molecule has 3 N–H and O–H groups in total. The van der Waals surface area contributed by atoms with Crippen molar-refractivity contribution in [2.24, 2.45) is 5.92 Å². The van der Waals surface area contributed by atoms with E-state index in [4.69, 9.17) is 9.47 Å². The van der Waals surface area contributed by atoms with Crippen LogP contribution in [0.5, 0.6) is 11.5 Å². The molecule has 2 heterocycles. The van der Waals surface area contributed by atoms with Gasteiger partial charge in [0.25, 0.3) is 0 Å². The minimum atomic E-state index is -0.240. The number of aromatic nitrogens is 2. The zero-order valence-electron chi connectivity index (χ0n) is 17.0. The van der Waals surface area contributed by atoms with Crippen LogP contribution >= 0.6 is 11.8 Å². The number of carbonyl (C=O) groups excluding carboxylic acids is 2. The van der Waals surface area contributed by atoms with Gasteiger partial charge in [0.1, 0.15) is 6.54 Å². The minimum Gasteiger partial charge on any atom is -0.454 e. The number of carbonyl (C=O) groups is 2. The standard InChI is InChI=1S/C20H26N4O5S/c1-13(2)5-6-21-18(26)9-24-15(10-25)8-22-20(24)30-11-19(27)23-14-3-4-16-17(7-14)29-12-28-16/h3-4,7-8,13,25H,5-6,9-12H2,1-2H3,(H,21,26)(H,23,27). The molecular weight excluding hydrogens is 408 g/mol. The van der Waals surface area contributed by atoms with Crippen LogP contribution < -0.4 is 20.1 Å². The van der Waals surface area contributed by atoms with E-state index in [1.807, 2.05) is 0 Å². The summed E-state index contributed by atoms with van der Waals surface area (Å²) in [6.45, 7) is 4.75. The molecule has 0 radical (unpaired) electrons. The third kappa shape index (κ3) is 5.90. The Morgan fingerprint density at radius 1 is 1.27 bits per heavy atom. The molecule has 2 aromatic rings. The van der Waals surface area contributed by atoms with E-state index in [0.717, 1.165) is 6.42 Å². The van der Waals surface area contributed by atoms with Gasteiger partial charge in [-0.2, -0.15) is 0 Å². The van der Waals surface area contributed by atoms with Crippen molar-refractivity contribution >= 4 is 29.3 Å². The molecule has 1 aliphatic heterocycles. The number of nitrogens with zero attached hydrogens (tertiary/aromatic N) is 2. The lowest BCUT2D eigenvalue weighted by Gasteiger charge is -2.12. The van der Waals surface area contributed by atoms with Gasteiger partial charge in [0.05, 0.1) is 24.3 Å². The van der Waals surface area contributed by atoms with Crippen molar-refractivity contribution in [2.75, 3.05) is 24.4 Å². The Kier molecular flexibility index (Phi) is 7.58. The molecule has 1 aromatic heterocycles. The number of thioether (sulfide) groups is 1. The van der Waals surface area contributed by atoms with Gasteiger partial charge in [0.2, 0.25) is 18.6 Å². The molecule has 0 fully saturated rings. The van der Waals surface area contributed by atoms with Crippen molar-refractivity contribution in [3.63, 3.8) is 0 Å². The predicted molar refractivity (Wildman–Crippen MR) is 113 cm³/mol. The molecule has 1 aromatic carbocycles. The lowest BCUT2D eigenvalue weighted by molar-refractivity contribution is -0.121. The van der Waals surface area contributed by atoms with Gasteiger partial charge in [-0.3, -0.25) is 9.59 Å². The number of aliphatic hydroxyl groups excluding tert-OH is 1. The number of nitrogens with one attached hydrogen (secondary N) is 2. The molecular formula is C20H26N4O5S. The average Bonchev–Trinajstić information content (AvgIpc) is 3.32. The summed E-state index contributed by atoms with van der Waals surface area (Å²) in [5.41, 5.74) is 1.13. The molecule has 2 amide bonds. The van der Waals surface area contributed by atoms with Crippen LogP contribution in [0.1, 0.15) is 26.0 Å². The monoisotopic (exact) mass is 434 g/mol. The van der Waals surface area contributed by atoms with Crippen LogP contribution in [0, 0.1) is 5.92 Å². The minimum absolute atomic E-state index is 0.0418. The molecule has 0 saturated heterocycles. The Balaban J connectivity index is 1.55. The second-order valence-corrected chi connectivity index (χ2v) is 8.16. The zero-order chi connectivity index (χ0) is 21.5. The van der Waals surface area contributed by atoms with Crippen LogP contribution in [-0.2, 0) is 22.7 Å². The van der Waals surface area contributed by atoms with Crippen molar-refractivity contribution in [3.8, 4) is 11.5 Å². The first kappa shape index (κ1) is 22.0. The number of hydrogen-bond acceptors (Lipinski definition) is 7. The molecule has 0 aliphatic carbocycles. The number of imidazole rings is 1.